The van der Waals surface area contributed by atoms with Gasteiger partial charge in [-0.2, -0.15) is 0 Å². The van der Waals surface area contributed by atoms with Crippen LogP contribution in [0.5, 0.6) is 17.2 Å². The summed E-state index contributed by atoms with van der Waals surface area (Å²) in [4.78, 5) is 12.2. The Hall–Kier alpha value is -2.53. The maximum absolute atomic E-state index is 12.2. The highest BCUT2D eigenvalue weighted by molar-refractivity contribution is 5.91. The van der Waals surface area contributed by atoms with Gasteiger partial charge in [0.2, 0.25) is 0 Å². The summed E-state index contributed by atoms with van der Waals surface area (Å²) in [5.74, 6) is 1.71. The van der Waals surface area contributed by atoms with E-state index in [1.165, 1.54) is 18.4 Å². The normalized spacial score (nSPS) is 19.0. The van der Waals surface area contributed by atoms with Crippen LogP contribution in [0.15, 0.2) is 42.5 Å². The van der Waals surface area contributed by atoms with Crippen LogP contribution in [-0.4, -0.2) is 30.4 Å². The lowest BCUT2D eigenvalue weighted by molar-refractivity contribution is 0.0452. The molecule has 1 N–H and O–H groups in total. The lowest BCUT2D eigenvalue weighted by Crippen LogP contribution is -2.32. The van der Waals surface area contributed by atoms with E-state index in [4.69, 9.17) is 19.3 Å². The smallest absolute Gasteiger partial charge is 0.343 e. The number of hydrogen-bond acceptors (Lipinski definition) is 5. The van der Waals surface area contributed by atoms with Gasteiger partial charge in [0, 0.05) is 6.07 Å². The Kier molecular flexibility index (Phi) is 3.86. The fraction of sp³-hybridized carbons (Fsp3) is 0.316. The first-order chi connectivity index (χ1) is 11.7. The topological polar surface area (TPSA) is 65.0 Å². The molecule has 1 aliphatic heterocycles. The third kappa shape index (κ3) is 3.08. The summed E-state index contributed by atoms with van der Waals surface area (Å²) in [6, 6.07) is 12.5. The van der Waals surface area contributed by atoms with E-state index < -0.39 is 5.97 Å². The van der Waals surface area contributed by atoms with Gasteiger partial charge in [-0.25, -0.2) is 4.79 Å². The number of benzene rings is 2. The Morgan fingerprint density at radius 3 is 2.62 bits per heavy atom. The molecule has 1 saturated carbocycles. The van der Waals surface area contributed by atoms with E-state index in [1.807, 2.05) is 12.1 Å². The van der Waals surface area contributed by atoms with E-state index in [9.17, 15) is 4.79 Å². The van der Waals surface area contributed by atoms with Crippen LogP contribution in [0.2, 0.25) is 0 Å². The molecule has 2 aromatic rings. The number of aliphatic hydroxyl groups is 1. The molecular formula is C19H18O5. The molecule has 124 valence electrons. The highest BCUT2D eigenvalue weighted by Crippen LogP contribution is 2.40. The Balaban J connectivity index is 1.45. The highest BCUT2D eigenvalue weighted by atomic mass is 16.6. The molecule has 2 aromatic carbocycles. The van der Waals surface area contributed by atoms with Crippen LogP contribution < -0.4 is 14.2 Å². The Morgan fingerprint density at radius 1 is 1.12 bits per heavy atom. The fourth-order valence-electron chi connectivity index (χ4n) is 2.72. The van der Waals surface area contributed by atoms with Gasteiger partial charge >= 0.3 is 5.97 Å². The van der Waals surface area contributed by atoms with Crippen molar-refractivity contribution in [2.45, 2.75) is 24.9 Å². The van der Waals surface area contributed by atoms with E-state index in [2.05, 4.69) is 0 Å². The average Bonchev–Trinajstić information content (AvgIpc) is 3.46. The summed E-state index contributed by atoms with van der Waals surface area (Å²) < 4.78 is 16.5. The fourth-order valence-corrected chi connectivity index (χ4v) is 2.72. The first-order valence-electron chi connectivity index (χ1n) is 8.09. The predicted octanol–water partition coefficient (Wildman–Crippen LogP) is 2.92. The van der Waals surface area contributed by atoms with E-state index in [0.717, 1.165) is 0 Å². The number of carbonyl (C=O) groups is 1. The lowest BCUT2D eigenvalue weighted by atomic mass is 10.1. The van der Waals surface area contributed by atoms with Crippen LogP contribution >= 0.6 is 0 Å². The van der Waals surface area contributed by atoms with Crippen molar-refractivity contribution in [2.75, 3.05) is 13.2 Å². The number of rotatable bonds is 4. The van der Waals surface area contributed by atoms with Crippen LogP contribution in [-0.2, 0) is 0 Å². The minimum Gasteiger partial charge on any atom is -0.486 e. The summed E-state index contributed by atoms with van der Waals surface area (Å²) in [5.41, 5.74) is 1.80. The SMILES string of the molecule is O=C(Oc1ccc2c(c1)OCC(CO)O2)c1ccc(C2CC2)cc1. The molecule has 1 unspecified atom stereocenters. The molecule has 5 nitrogen and oxygen atoms in total. The van der Waals surface area contributed by atoms with Gasteiger partial charge in [0.1, 0.15) is 12.4 Å². The van der Waals surface area contributed by atoms with Crippen molar-refractivity contribution in [3.8, 4) is 17.2 Å². The van der Waals surface area contributed by atoms with Crippen molar-refractivity contribution in [1.29, 1.82) is 0 Å². The molecule has 0 radical (unpaired) electrons. The summed E-state index contributed by atoms with van der Waals surface area (Å²) >= 11 is 0. The molecule has 5 heteroatoms. The van der Waals surface area contributed by atoms with Gasteiger partial charge < -0.3 is 19.3 Å². The van der Waals surface area contributed by atoms with Gasteiger partial charge in [0.15, 0.2) is 17.6 Å². The van der Waals surface area contributed by atoms with Crippen molar-refractivity contribution in [3.63, 3.8) is 0 Å². The van der Waals surface area contributed by atoms with Gasteiger partial charge in [-0.3, -0.25) is 0 Å². The van der Waals surface area contributed by atoms with Gasteiger partial charge in [-0.05, 0) is 48.6 Å². The molecule has 4 rings (SSSR count). The molecule has 1 atom stereocenters. The van der Waals surface area contributed by atoms with Gasteiger partial charge in [-0.15, -0.1) is 0 Å². The van der Waals surface area contributed by atoms with Crippen molar-refractivity contribution < 1.29 is 24.1 Å². The van der Waals surface area contributed by atoms with E-state index in [-0.39, 0.29) is 19.3 Å². The van der Waals surface area contributed by atoms with Gasteiger partial charge in [0.25, 0.3) is 0 Å². The molecule has 2 aliphatic rings. The lowest BCUT2D eigenvalue weighted by Gasteiger charge is -2.25. The van der Waals surface area contributed by atoms with Gasteiger partial charge in [0.05, 0.1) is 12.2 Å². The number of aliphatic hydroxyl groups excluding tert-OH is 1. The maximum atomic E-state index is 12.2. The summed E-state index contributed by atoms with van der Waals surface area (Å²) in [7, 11) is 0. The molecule has 1 fully saturated rings. The zero-order valence-corrected chi connectivity index (χ0v) is 13.1. The molecule has 0 aromatic heterocycles. The zero-order valence-electron chi connectivity index (χ0n) is 13.1. The third-order valence-corrected chi connectivity index (χ3v) is 4.24. The Labute approximate surface area is 139 Å². The number of ether oxygens (including phenoxy) is 3. The number of carbonyl (C=O) groups excluding carboxylic acids is 1. The summed E-state index contributed by atoms with van der Waals surface area (Å²) in [6.45, 7) is 0.163. The molecule has 1 heterocycles. The van der Waals surface area contributed by atoms with Crippen LogP contribution in [0.4, 0.5) is 0 Å². The van der Waals surface area contributed by atoms with Crippen molar-refractivity contribution in [2.24, 2.45) is 0 Å². The molecule has 0 bridgehead atoms. The number of hydrogen-bond donors (Lipinski definition) is 1. The van der Waals surface area contributed by atoms with Crippen LogP contribution in [0.3, 0.4) is 0 Å². The van der Waals surface area contributed by atoms with Crippen molar-refractivity contribution in [3.05, 3.63) is 53.6 Å². The predicted molar refractivity (Wildman–Crippen MR) is 86.8 cm³/mol. The van der Waals surface area contributed by atoms with E-state index >= 15 is 0 Å². The average molecular weight is 326 g/mol. The van der Waals surface area contributed by atoms with Crippen LogP contribution in [0, 0.1) is 0 Å². The van der Waals surface area contributed by atoms with E-state index in [1.54, 1.807) is 30.3 Å². The minimum absolute atomic E-state index is 0.104. The number of esters is 1. The van der Waals surface area contributed by atoms with Crippen molar-refractivity contribution in [1.82, 2.24) is 0 Å². The van der Waals surface area contributed by atoms with Crippen molar-refractivity contribution >= 4 is 5.97 Å². The second kappa shape index (κ2) is 6.17. The number of fused-ring (bicyclic) bond motifs is 1. The van der Waals surface area contributed by atoms with Crippen LogP contribution in [0.1, 0.15) is 34.7 Å². The first kappa shape index (κ1) is 15.0. The highest BCUT2D eigenvalue weighted by Gasteiger charge is 2.24. The molecule has 0 amide bonds. The summed E-state index contributed by atoms with van der Waals surface area (Å²) in [6.07, 6.45) is 2.10. The van der Waals surface area contributed by atoms with E-state index in [0.29, 0.717) is 28.7 Å². The largest absolute Gasteiger partial charge is 0.486 e. The Bertz CT molecular complexity index is 749. The zero-order chi connectivity index (χ0) is 16.5. The first-order valence-corrected chi connectivity index (χ1v) is 8.09. The quantitative estimate of drug-likeness (QED) is 0.691. The monoisotopic (exact) mass is 326 g/mol. The minimum atomic E-state index is -0.401. The van der Waals surface area contributed by atoms with Gasteiger partial charge in [-0.1, -0.05) is 12.1 Å². The summed E-state index contributed by atoms with van der Waals surface area (Å²) in [5, 5.41) is 9.10. The van der Waals surface area contributed by atoms with Crippen LogP contribution in [0.25, 0.3) is 0 Å². The molecule has 0 spiro atoms. The molecule has 1 aliphatic carbocycles. The second-order valence-corrected chi connectivity index (χ2v) is 6.13. The second-order valence-electron chi connectivity index (χ2n) is 6.13. The Morgan fingerprint density at radius 2 is 1.92 bits per heavy atom. The maximum Gasteiger partial charge on any atom is 0.343 e. The molecule has 0 saturated heterocycles. The third-order valence-electron chi connectivity index (χ3n) is 4.24. The standard InChI is InChI=1S/C19H18O5/c20-10-16-11-22-18-9-15(7-8-17(18)23-16)24-19(21)14-5-3-13(4-6-14)12-1-2-12/h3-9,12,16,20H,1-2,10-11H2. The molecular weight excluding hydrogens is 308 g/mol. The molecule has 24 heavy (non-hydrogen) atoms.